The van der Waals surface area contributed by atoms with Gasteiger partial charge in [0.25, 0.3) is 0 Å². The average Bonchev–Trinajstić information content (AvgIpc) is 3.57. The average molecular weight is 462 g/mol. The summed E-state index contributed by atoms with van der Waals surface area (Å²) in [5, 5.41) is 0. The van der Waals surface area contributed by atoms with Crippen molar-refractivity contribution < 1.29 is 26.4 Å². The van der Waals surface area contributed by atoms with Crippen LogP contribution in [0, 0.1) is 5.92 Å². The molecule has 0 bridgehead atoms. The molecule has 1 aromatic carbocycles. The van der Waals surface area contributed by atoms with Gasteiger partial charge in [0.1, 0.15) is 0 Å². The largest absolute Gasteiger partial charge is 0.416 e. The SMILES string of the molecule is CCC(C)[C@H](N)C(=O)N1CCC(N(C2CC2)S(=O)(=O)c2cccc(C(F)(F)F)c2)CC1. The number of amides is 1. The second-order valence-corrected chi connectivity index (χ2v) is 10.4. The van der Waals surface area contributed by atoms with Gasteiger partial charge < -0.3 is 10.6 Å². The number of nitrogens with zero attached hydrogens (tertiary/aromatic N) is 2. The van der Waals surface area contributed by atoms with Gasteiger partial charge in [-0.05, 0) is 49.8 Å². The minimum absolute atomic E-state index is 0.0504. The van der Waals surface area contributed by atoms with Gasteiger partial charge in [-0.1, -0.05) is 26.3 Å². The van der Waals surface area contributed by atoms with Crippen LogP contribution in [0.25, 0.3) is 0 Å². The molecule has 0 aromatic heterocycles. The highest BCUT2D eigenvalue weighted by Gasteiger charge is 2.44. The van der Waals surface area contributed by atoms with Crippen LogP contribution in [0.4, 0.5) is 13.2 Å². The zero-order valence-corrected chi connectivity index (χ0v) is 18.6. The van der Waals surface area contributed by atoms with Crippen LogP contribution in [0.3, 0.4) is 0 Å². The van der Waals surface area contributed by atoms with Crippen LogP contribution in [-0.2, 0) is 21.0 Å². The molecule has 1 amide bonds. The standard InChI is InChI=1S/C21H30F3N3O3S/c1-3-14(2)19(25)20(28)26-11-9-17(10-12-26)27(16-7-8-16)31(29,30)18-6-4-5-15(13-18)21(22,23)24/h4-6,13-14,16-17,19H,3,7-12,25H2,1-2H3/t14?,19-/m0/s1. The highest BCUT2D eigenvalue weighted by atomic mass is 32.2. The van der Waals surface area contributed by atoms with Crippen LogP contribution in [0.1, 0.15) is 51.5 Å². The van der Waals surface area contributed by atoms with Crippen LogP contribution in [0.15, 0.2) is 29.2 Å². The molecule has 1 aromatic rings. The molecule has 0 radical (unpaired) electrons. The lowest BCUT2D eigenvalue weighted by atomic mass is 9.97. The van der Waals surface area contributed by atoms with Gasteiger partial charge in [0, 0.05) is 25.2 Å². The summed E-state index contributed by atoms with van der Waals surface area (Å²) < 4.78 is 67.3. The fourth-order valence-corrected chi connectivity index (χ4v) is 6.00. The van der Waals surface area contributed by atoms with Crippen molar-refractivity contribution in [2.24, 2.45) is 11.7 Å². The van der Waals surface area contributed by atoms with Crippen molar-refractivity contribution in [1.82, 2.24) is 9.21 Å². The summed E-state index contributed by atoms with van der Waals surface area (Å²) in [6.45, 7) is 4.66. The molecule has 2 aliphatic rings. The van der Waals surface area contributed by atoms with Crippen molar-refractivity contribution in [3.8, 4) is 0 Å². The summed E-state index contributed by atoms with van der Waals surface area (Å²) in [5.41, 5.74) is 5.08. The van der Waals surface area contributed by atoms with E-state index in [-0.39, 0.29) is 28.8 Å². The quantitative estimate of drug-likeness (QED) is 0.676. The molecule has 10 heteroatoms. The van der Waals surface area contributed by atoms with E-state index in [9.17, 15) is 26.4 Å². The lowest BCUT2D eigenvalue weighted by Gasteiger charge is -2.39. The van der Waals surface area contributed by atoms with Crippen LogP contribution in [0.5, 0.6) is 0 Å². The van der Waals surface area contributed by atoms with E-state index in [2.05, 4.69) is 0 Å². The predicted molar refractivity (Wildman–Crippen MR) is 111 cm³/mol. The number of piperidine rings is 1. The maximum atomic E-state index is 13.3. The Morgan fingerprint density at radius 2 is 1.77 bits per heavy atom. The monoisotopic (exact) mass is 461 g/mol. The summed E-state index contributed by atoms with van der Waals surface area (Å²) in [5.74, 6) is -0.0824. The maximum absolute atomic E-state index is 13.3. The molecule has 2 fully saturated rings. The van der Waals surface area contributed by atoms with Crippen LogP contribution >= 0.6 is 0 Å². The maximum Gasteiger partial charge on any atom is 0.416 e. The first kappa shape index (κ1) is 24.0. The molecule has 31 heavy (non-hydrogen) atoms. The number of carbonyl (C=O) groups excluding carboxylic acids is 1. The second kappa shape index (κ2) is 9.07. The summed E-state index contributed by atoms with van der Waals surface area (Å²) in [7, 11) is -4.09. The van der Waals surface area contributed by atoms with Gasteiger partial charge in [-0.3, -0.25) is 4.79 Å². The molecule has 1 saturated heterocycles. The highest BCUT2D eigenvalue weighted by Crippen LogP contribution is 2.38. The molecule has 1 heterocycles. The van der Waals surface area contributed by atoms with Gasteiger partial charge >= 0.3 is 6.18 Å². The first-order valence-electron chi connectivity index (χ1n) is 10.7. The molecule has 0 spiro atoms. The first-order valence-corrected chi connectivity index (χ1v) is 12.2. The summed E-state index contributed by atoms with van der Waals surface area (Å²) in [6, 6.07) is 2.77. The van der Waals surface area contributed by atoms with Crippen LogP contribution in [0.2, 0.25) is 0 Å². The molecule has 1 aliphatic carbocycles. The Balaban J connectivity index is 1.76. The van der Waals surface area contributed by atoms with Crippen LogP contribution < -0.4 is 5.73 Å². The highest BCUT2D eigenvalue weighted by molar-refractivity contribution is 7.89. The smallest absolute Gasteiger partial charge is 0.341 e. The summed E-state index contributed by atoms with van der Waals surface area (Å²) in [4.78, 5) is 14.0. The molecule has 2 N–H and O–H groups in total. The van der Waals surface area contributed by atoms with Gasteiger partial charge in [-0.2, -0.15) is 17.5 Å². The number of halogens is 3. The number of rotatable bonds is 7. The van der Waals surface area contributed by atoms with E-state index in [0.29, 0.717) is 44.8 Å². The second-order valence-electron chi connectivity index (χ2n) is 8.56. The van der Waals surface area contributed by atoms with E-state index in [1.807, 2.05) is 13.8 Å². The van der Waals surface area contributed by atoms with E-state index < -0.39 is 27.8 Å². The molecule has 6 nitrogen and oxygen atoms in total. The topological polar surface area (TPSA) is 83.7 Å². The van der Waals surface area contributed by atoms with Gasteiger partial charge in [0.05, 0.1) is 16.5 Å². The van der Waals surface area contributed by atoms with Crippen molar-refractivity contribution >= 4 is 15.9 Å². The fraction of sp³-hybridized carbons (Fsp3) is 0.667. The Kier molecular flexibility index (Phi) is 7.02. The molecule has 1 saturated carbocycles. The van der Waals surface area contributed by atoms with Gasteiger partial charge in [-0.25, -0.2) is 8.42 Å². The molecule has 3 rings (SSSR count). The zero-order chi connectivity index (χ0) is 23.0. The normalized spacial score (nSPS) is 20.7. The molecule has 1 unspecified atom stereocenters. The Hall–Kier alpha value is -1.65. The van der Waals surface area contributed by atoms with E-state index in [4.69, 9.17) is 5.73 Å². The number of alkyl halides is 3. The minimum Gasteiger partial charge on any atom is -0.341 e. The Morgan fingerprint density at radius 3 is 2.29 bits per heavy atom. The Bertz CT molecular complexity index is 895. The third-order valence-electron chi connectivity index (χ3n) is 6.32. The number of carbonyl (C=O) groups is 1. The van der Waals surface area contributed by atoms with Gasteiger partial charge in [0.15, 0.2) is 0 Å². The number of sulfonamides is 1. The van der Waals surface area contributed by atoms with Gasteiger partial charge in [-0.15, -0.1) is 0 Å². The first-order chi connectivity index (χ1) is 14.5. The van der Waals surface area contributed by atoms with Crippen molar-refractivity contribution in [3.63, 3.8) is 0 Å². The number of benzene rings is 1. The molecule has 174 valence electrons. The van der Waals surface area contributed by atoms with Crippen molar-refractivity contribution in [1.29, 1.82) is 0 Å². The van der Waals surface area contributed by atoms with E-state index in [0.717, 1.165) is 18.6 Å². The van der Waals surface area contributed by atoms with Crippen molar-refractivity contribution in [2.45, 2.75) is 75.1 Å². The Morgan fingerprint density at radius 1 is 1.19 bits per heavy atom. The van der Waals surface area contributed by atoms with E-state index >= 15 is 0 Å². The van der Waals surface area contributed by atoms with E-state index in [1.54, 1.807) is 4.90 Å². The summed E-state index contributed by atoms with van der Waals surface area (Å²) >= 11 is 0. The zero-order valence-electron chi connectivity index (χ0n) is 17.8. The van der Waals surface area contributed by atoms with Gasteiger partial charge in [0.2, 0.25) is 15.9 Å². The fourth-order valence-electron chi connectivity index (χ4n) is 4.02. The number of hydrogen-bond donors (Lipinski definition) is 1. The van der Waals surface area contributed by atoms with Crippen molar-refractivity contribution in [2.75, 3.05) is 13.1 Å². The third-order valence-corrected chi connectivity index (χ3v) is 8.32. The number of hydrogen-bond acceptors (Lipinski definition) is 4. The molecular formula is C21H30F3N3O3S. The van der Waals surface area contributed by atoms with Crippen molar-refractivity contribution in [3.05, 3.63) is 29.8 Å². The summed E-state index contributed by atoms with van der Waals surface area (Å²) in [6.07, 6.45) is -1.57. The molecule has 2 atom stereocenters. The minimum atomic E-state index is -4.62. The number of likely N-dealkylation sites (tertiary alicyclic amines) is 1. The Labute approximate surface area is 181 Å². The number of nitrogens with two attached hydrogens (primary N) is 1. The predicted octanol–water partition coefficient (Wildman–Crippen LogP) is 3.22. The van der Waals surface area contributed by atoms with Crippen LogP contribution in [-0.4, -0.2) is 54.7 Å². The lowest BCUT2D eigenvalue weighted by molar-refractivity contribution is -0.137. The lowest BCUT2D eigenvalue weighted by Crippen LogP contribution is -2.53. The van der Waals surface area contributed by atoms with E-state index in [1.165, 1.54) is 10.4 Å². The molecular weight excluding hydrogens is 431 g/mol. The molecule has 1 aliphatic heterocycles. The third kappa shape index (κ3) is 5.23.